The van der Waals surface area contributed by atoms with Crippen molar-refractivity contribution in [2.24, 2.45) is 7.05 Å². The Morgan fingerprint density at radius 1 is 1.46 bits per heavy atom. The molecular formula is C9H9N3O. The third-order valence-electron chi connectivity index (χ3n) is 1.97. The Bertz CT molecular complexity index is 516. The molecule has 1 aromatic carbocycles. The number of nitrogens with zero attached hydrogens (tertiary/aromatic N) is 2. The van der Waals surface area contributed by atoms with Gasteiger partial charge in [-0.05, 0) is 18.2 Å². The third-order valence-corrected chi connectivity index (χ3v) is 1.97. The number of anilines is 1. The van der Waals surface area contributed by atoms with Gasteiger partial charge in [-0.2, -0.15) is 5.10 Å². The molecule has 4 heteroatoms. The summed E-state index contributed by atoms with van der Waals surface area (Å²) in [5.74, 6) is 0. The fourth-order valence-electron chi connectivity index (χ4n) is 1.26. The zero-order valence-corrected chi connectivity index (χ0v) is 7.19. The first kappa shape index (κ1) is 7.79. The summed E-state index contributed by atoms with van der Waals surface area (Å²) < 4.78 is 1.30. The molecular weight excluding hydrogens is 166 g/mol. The number of fused-ring (bicyclic) bond motifs is 1. The Kier molecular flexibility index (Phi) is 1.55. The zero-order valence-electron chi connectivity index (χ0n) is 7.19. The number of aromatic nitrogens is 2. The number of hydrogen-bond donors (Lipinski definition) is 1. The molecule has 0 fully saturated rings. The van der Waals surface area contributed by atoms with Gasteiger partial charge in [0.15, 0.2) is 0 Å². The van der Waals surface area contributed by atoms with Crippen molar-refractivity contribution >= 4 is 16.5 Å². The van der Waals surface area contributed by atoms with Gasteiger partial charge in [-0.25, -0.2) is 4.68 Å². The van der Waals surface area contributed by atoms with Crippen LogP contribution in [0.5, 0.6) is 0 Å². The molecule has 0 amide bonds. The van der Waals surface area contributed by atoms with Crippen molar-refractivity contribution in [1.82, 2.24) is 9.78 Å². The maximum Gasteiger partial charge on any atom is 0.274 e. The number of nitrogen functional groups attached to an aromatic ring is 1. The second kappa shape index (κ2) is 2.58. The lowest BCUT2D eigenvalue weighted by atomic mass is 10.2. The van der Waals surface area contributed by atoms with E-state index in [0.717, 1.165) is 5.39 Å². The van der Waals surface area contributed by atoms with E-state index >= 15 is 0 Å². The van der Waals surface area contributed by atoms with Crippen LogP contribution in [0.2, 0.25) is 0 Å². The summed E-state index contributed by atoms with van der Waals surface area (Å²) in [5.41, 5.74) is 6.12. The lowest BCUT2D eigenvalue weighted by Crippen LogP contribution is -2.18. The lowest BCUT2D eigenvalue weighted by Gasteiger charge is -2.00. The van der Waals surface area contributed by atoms with E-state index in [-0.39, 0.29) is 5.56 Å². The zero-order chi connectivity index (χ0) is 9.42. The second-order valence-electron chi connectivity index (χ2n) is 2.92. The Labute approximate surface area is 74.6 Å². The van der Waals surface area contributed by atoms with Crippen LogP contribution < -0.4 is 11.3 Å². The maximum atomic E-state index is 11.5. The smallest absolute Gasteiger partial charge is 0.274 e. The van der Waals surface area contributed by atoms with Crippen molar-refractivity contribution in [2.75, 3.05) is 5.73 Å². The predicted molar refractivity (Wildman–Crippen MR) is 51.4 cm³/mol. The highest BCUT2D eigenvalue weighted by atomic mass is 16.1. The quantitative estimate of drug-likeness (QED) is 0.593. The molecule has 0 bridgehead atoms. The number of hydrogen-bond acceptors (Lipinski definition) is 3. The first-order valence-electron chi connectivity index (χ1n) is 3.90. The van der Waals surface area contributed by atoms with Gasteiger partial charge in [-0.15, -0.1) is 0 Å². The molecule has 0 spiro atoms. The molecule has 0 aliphatic rings. The molecule has 13 heavy (non-hydrogen) atoms. The van der Waals surface area contributed by atoms with Crippen LogP contribution in [0.4, 0.5) is 5.69 Å². The van der Waals surface area contributed by atoms with Gasteiger partial charge in [0.2, 0.25) is 0 Å². The number of rotatable bonds is 0. The molecule has 66 valence electrons. The van der Waals surface area contributed by atoms with Gasteiger partial charge in [-0.1, -0.05) is 0 Å². The Hall–Kier alpha value is -1.84. The van der Waals surface area contributed by atoms with E-state index in [2.05, 4.69) is 5.10 Å². The molecule has 1 heterocycles. The van der Waals surface area contributed by atoms with Gasteiger partial charge in [0.25, 0.3) is 5.56 Å². The molecule has 2 aromatic rings. The van der Waals surface area contributed by atoms with Gasteiger partial charge >= 0.3 is 0 Å². The van der Waals surface area contributed by atoms with Crippen LogP contribution in [0.3, 0.4) is 0 Å². The minimum atomic E-state index is -0.0995. The van der Waals surface area contributed by atoms with Crippen LogP contribution in [0.1, 0.15) is 0 Å². The van der Waals surface area contributed by atoms with Gasteiger partial charge in [-0.3, -0.25) is 4.79 Å². The van der Waals surface area contributed by atoms with Gasteiger partial charge in [0.05, 0.1) is 11.6 Å². The summed E-state index contributed by atoms with van der Waals surface area (Å²) in [6, 6.07) is 5.17. The average molecular weight is 175 g/mol. The van der Waals surface area contributed by atoms with E-state index < -0.39 is 0 Å². The number of nitrogens with two attached hydrogens (primary N) is 1. The highest BCUT2D eigenvalue weighted by molar-refractivity contribution is 5.83. The molecule has 0 radical (unpaired) electrons. The van der Waals surface area contributed by atoms with E-state index in [1.54, 1.807) is 31.4 Å². The molecule has 0 unspecified atom stereocenters. The topological polar surface area (TPSA) is 60.9 Å². The first-order chi connectivity index (χ1) is 6.18. The highest BCUT2D eigenvalue weighted by Crippen LogP contribution is 2.11. The van der Waals surface area contributed by atoms with Crippen LogP contribution in [0.25, 0.3) is 10.8 Å². The number of aryl methyl sites for hydroxylation is 1. The molecule has 4 nitrogen and oxygen atoms in total. The summed E-state index contributed by atoms with van der Waals surface area (Å²) in [6.07, 6.45) is 1.63. The Morgan fingerprint density at radius 2 is 2.23 bits per heavy atom. The fraction of sp³-hybridized carbons (Fsp3) is 0.111. The SMILES string of the molecule is Cn1ncc2cc(N)ccc2c1=O. The largest absolute Gasteiger partial charge is 0.399 e. The summed E-state index contributed by atoms with van der Waals surface area (Å²) in [6.45, 7) is 0. The summed E-state index contributed by atoms with van der Waals surface area (Å²) in [7, 11) is 1.62. The van der Waals surface area contributed by atoms with Crippen LogP contribution in [0.15, 0.2) is 29.2 Å². The van der Waals surface area contributed by atoms with Crippen molar-refractivity contribution in [3.63, 3.8) is 0 Å². The minimum Gasteiger partial charge on any atom is -0.399 e. The van der Waals surface area contributed by atoms with E-state index in [1.165, 1.54) is 4.68 Å². The van der Waals surface area contributed by atoms with Crippen molar-refractivity contribution in [3.05, 3.63) is 34.7 Å². The molecule has 0 saturated heterocycles. The van der Waals surface area contributed by atoms with Gasteiger partial charge in [0.1, 0.15) is 0 Å². The van der Waals surface area contributed by atoms with Gasteiger partial charge in [0, 0.05) is 18.1 Å². The van der Waals surface area contributed by atoms with E-state index in [1.807, 2.05) is 0 Å². The lowest BCUT2D eigenvalue weighted by molar-refractivity contribution is 0.718. The third kappa shape index (κ3) is 1.16. The average Bonchev–Trinajstić information content (AvgIpc) is 2.12. The minimum absolute atomic E-state index is 0.0995. The van der Waals surface area contributed by atoms with Crippen LogP contribution in [-0.2, 0) is 7.05 Å². The van der Waals surface area contributed by atoms with Crippen LogP contribution in [0, 0.1) is 0 Å². The highest BCUT2D eigenvalue weighted by Gasteiger charge is 2.00. The van der Waals surface area contributed by atoms with Crippen molar-refractivity contribution in [3.8, 4) is 0 Å². The standard InChI is InChI=1S/C9H9N3O/c1-12-9(13)8-3-2-7(10)4-6(8)5-11-12/h2-5H,10H2,1H3. The summed E-state index contributed by atoms with van der Waals surface area (Å²) in [4.78, 5) is 11.5. The first-order valence-corrected chi connectivity index (χ1v) is 3.90. The Morgan fingerprint density at radius 3 is 3.00 bits per heavy atom. The van der Waals surface area contributed by atoms with Crippen LogP contribution >= 0.6 is 0 Å². The molecule has 2 N–H and O–H groups in total. The molecule has 1 aromatic heterocycles. The van der Waals surface area contributed by atoms with E-state index in [9.17, 15) is 4.79 Å². The van der Waals surface area contributed by atoms with Crippen molar-refractivity contribution < 1.29 is 0 Å². The second-order valence-corrected chi connectivity index (χ2v) is 2.92. The Balaban J connectivity index is 2.95. The molecule has 0 aliphatic heterocycles. The summed E-state index contributed by atoms with van der Waals surface area (Å²) >= 11 is 0. The van der Waals surface area contributed by atoms with Gasteiger partial charge < -0.3 is 5.73 Å². The predicted octanol–water partition coefficient (Wildman–Crippen LogP) is 0.516. The summed E-state index contributed by atoms with van der Waals surface area (Å²) in [5, 5.41) is 5.32. The molecule has 2 rings (SSSR count). The van der Waals surface area contributed by atoms with E-state index in [4.69, 9.17) is 5.73 Å². The van der Waals surface area contributed by atoms with Crippen LogP contribution in [-0.4, -0.2) is 9.78 Å². The number of benzene rings is 1. The molecule has 0 saturated carbocycles. The molecule has 0 atom stereocenters. The fourth-order valence-corrected chi connectivity index (χ4v) is 1.26. The molecule has 0 aliphatic carbocycles. The maximum absolute atomic E-state index is 11.5. The van der Waals surface area contributed by atoms with Crippen molar-refractivity contribution in [2.45, 2.75) is 0 Å². The van der Waals surface area contributed by atoms with E-state index in [0.29, 0.717) is 11.1 Å². The van der Waals surface area contributed by atoms with Crippen molar-refractivity contribution in [1.29, 1.82) is 0 Å². The monoisotopic (exact) mass is 175 g/mol. The normalized spacial score (nSPS) is 10.5.